The summed E-state index contributed by atoms with van der Waals surface area (Å²) in [7, 11) is 3.36. The van der Waals surface area contributed by atoms with Crippen molar-refractivity contribution in [3.63, 3.8) is 0 Å². The van der Waals surface area contributed by atoms with Gasteiger partial charge >= 0.3 is 0 Å². The molecule has 1 unspecified atom stereocenters. The minimum Gasteiger partial charge on any atom is -0.497 e. The average molecular weight is 372 g/mol. The Morgan fingerprint density at radius 1 is 0.786 bits per heavy atom. The second-order valence-electron chi connectivity index (χ2n) is 6.97. The van der Waals surface area contributed by atoms with Crippen LogP contribution in [-0.2, 0) is 5.41 Å². The Morgan fingerprint density at radius 2 is 1.46 bits per heavy atom. The summed E-state index contributed by atoms with van der Waals surface area (Å²) >= 11 is 0. The van der Waals surface area contributed by atoms with E-state index in [2.05, 4.69) is 59.9 Å². The molecular weight excluding hydrogens is 348 g/mol. The topological polar surface area (TPSA) is 56.5 Å². The molecule has 4 rings (SSSR count). The third kappa shape index (κ3) is 3.18. The first-order valence-corrected chi connectivity index (χ1v) is 9.26. The molecule has 0 amide bonds. The third-order valence-corrected chi connectivity index (χ3v) is 5.36. The van der Waals surface area contributed by atoms with Crippen molar-refractivity contribution in [3.8, 4) is 22.6 Å². The van der Waals surface area contributed by atoms with Gasteiger partial charge in [-0.05, 0) is 58.7 Å². The van der Waals surface area contributed by atoms with E-state index in [0.29, 0.717) is 12.4 Å². The van der Waals surface area contributed by atoms with Crippen LogP contribution in [0, 0.1) is 0 Å². The lowest BCUT2D eigenvalue weighted by Crippen LogP contribution is -2.31. The number of nitrogens with one attached hydrogen (secondary N) is 1. The molecule has 0 aromatic heterocycles. The Balaban J connectivity index is 1.81. The van der Waals surface area contributed by atoms with Gasteiger partial charge in [-0.25, -0.2) is 0 Å². The van der Waals surface area contributed by atoms with E-state index in [0.717, 1.165) is 22.6 Å². The predicted octanol–water partition coefficient (Wildman–Crippen LogP) is 4.06. The highest BCUT2D eigenvalue weighted by atomic mass is 16.5. The van der Waals surface area contributed by atoms with Gasteiger partial charge in [0.15, 0.2) is 0 Å². The zero-order valence-electron chi connectivity index (χ0n) is 16.1. The Bertz CT molecular complexity index is 1010. The number of nitrogens with two attached hydrogens (primary N) is 1. The number of methoxy groups -OCH3 is 2. The fourth-order valence-corrected chi connectivity index (χ4v) is 3.81. The lowest BCUT2D eigenvalue weighted by atomic mass is 9.75. The van der Waals surface area contributed by atoms with Gasteiger partial charge in [-0.3, -0.25) is 0 Å². The Kier molecular flexibility index (Phi) is 4.70. The maximum atomic E-state index is 6.14. The minimum absolute atomic E-state index is 0.328. The Hall–Kier alpha value is -3.40. The standard InChI is InChI=1S/C24H24N2O2/c1-27-21-11-9-19(10-12-21)24(15-23(25)26-16-24)20-7-3-5-17(13-20)18-6-4-8-22(14-18)28-2/h3-15,26H,16,25H2,1-2H3. The van der Waals surface area contributed by atoms with Gasteiger partial charge < -0.3 is 20.5 Å². The zero-order chi connectivity index (χ0) is 19.6. The molecule has 0 saturated heterocycles. The molecule has 0 aliphatic carbocycles. The smallest absolute Gasteiger partial charge is 0.119 e. The first-order chi connectivity index (χ1) is 13.6. The van der Waals surface area contributed by atoms with Gasteiger partial charge in [-0.2, -0.15) is 0 Å². The molecule has 28 heavy (non-hydrogen) atoms. The van der Waals surface area contributed by atoms with Crippen molar-refractivity contribution in [1.29, 1.82) is 0 Å². The molecule has 3 N–H and O–H groups in total. The Morgan fingerprint density at radius 3 is 2.11 bits per heavy atom. The van der Waals surface area contributed by atoms with Crippen LogP contribution < -0.4 is 20.5 Å². The normalized spacial score (nSPS) is 18.3. The summed E-state index contributed by atoms with van der Waals surface area (Å²) in [5.74, 6) is 2.38. The highest BCUT2D eigenvalue weighted by Crippen LogP contribution is 2.39. The number of ether oxygens (including phenoxy) is 2. The monoisotopic (exact) mass is 372 g/mol. The van der Waals surface area contributed by atoms with Gasteiger partial charge in [0, 0.05) is 6.54 Å². The largest absolute Gasteiger partial charge is 0.497 e. The van der Waals surface area contributed by atoms with E-state index in [9.17, 15) is 0 Å². The van der Waals surface area contributed by atoms with Crippen molar-refractivity contribution >= 4 is 0 Å². The first kappa shape index (κ1) is 18.0. The minimum atomic E-state index is -0.328. The van der Waals surface area contributed by atoms with Crippen LogP contribution in [0.25, 0.3) is 11.1 Å². The quantitative estimate of drug-likeness (QED) is 0.709. The molecule has 142 valence electrons. The van der Waals surface area contributed by atoms with Crippen LogP contribution >= 0.6 is 0 Å². The van der Waals surface area contributed by atoms with Crippen molar-refractivity contribution in [2.45, 2.75) is 5.41 Å². The van der Waals surface area contributed by atoms with E-state index in [1.807, 2.05) is 24.3 Å². The van der Waals surface area contributed by atoms with E-state index in [1.165, 1.54) is 11.1 Å². The predicted molar refractivity (Wildman–Crippen MR) is 112 cm³/mol. The van der Waals surface area contributed by atoms with Crippen LogP contribution in [-0.4, -0.2) is 20.8 Å². The molecule has 0 radical (unpaired) electrons. The summed E-state index contributed by atoms with van der Waals surface area (Å²) in [6.07, 6.45) is 2.11. The van der Waals surface area contributed by atoms with Gasteiger partial charge in [-0.1, -0.05) is 42.5 Å². The fraction of sp³-hybridized carbons (Fsp3) is 0.167. The fourth-order valence-electron chi connectivity index (χ4n) is 3.81. The van der Waals surface area contributed by atoms with E-state index < -0.39 is 0 Å². The summed E-state index contributed by atoms with van der Waals surface area (Å²) < 4.78 is 10.7. The summed E-state index contributed by atoms with van der Waals surface area (Å²) in [6, 6.07) is 24.9. The van der Waals surface area contributed by atoms with Crippen molar-refractivity contribution in [2.75, 3.05) is 20.8 Å². The molecular formula is C24H24N2O2. The van der Waals surface area contributed by atoms with Crippen LogP contribution in [0.5, 0.6) is 11.5 Å². The molecule has 1 aliphatic heterocycles. The SMILES string of the molecule is COc1ccc(C2(c3cccc(-c4cccc(OC)c4)c3)C=C(N)NC2)cc1. The van der Waals surface area contributed by atoms with Gasteiger partial charge in [0.05, 0.1) is 25.5 Å². The summed E-state index contributed by atoms with van der Waals surface area (Å²) in [5.41, 5.74) is 10.4. The molecule has 1 heterocycles. The van der Waals surface area contributed by atoms with Crippen LogP contribution in [0.4, 0.5) is 0 Å². The number of hydrogen-bond acceptors (Lipinski definition) is 4. The molecule has 4 heteroatoms. The number of rotatable bonds is 5. The second-order valence-corrected chi connectivity index (χ2v) is 6.97. The van der Waals surface area contributed by atoms with E-state index in [1.54, 1.807) is 14.2 Å². The highest BCUT2D eigenvalue weighted by molar-refractivity contribution is 5.67. The van der Waals surface area contributed by atoms with Crippen LogP contribution in [0.3, 0.4) is 0 Å². The van der Waals surface area contributed by atoms with Crippen LogP contribution in [0.2, 0.25) is 0 Å². The lowest BCUT2D eigenvalue weighted by Gasteiger charge is -2.28. The van der Waals surface area contributed by atoms with Crippen molar-refractivity contribution in [1.82, 2.24) is 5.32 Å². The summed E-state index contributed by atoms with van der Waals surface area (Å²) in [4.78, 5) is 0. The Labute approximate surface area is 165 Å². The molecule has 1 aliphatic rings. The molecule has 3 aromatic carbocycles. The molecule has 3 aromatic rings. The molecule has 4 nitrogen and oxygen atoms in total. The maximum Gasteiger partial charge on any atom is 0.119 e. The molecule has 0 saturated carbocycles. The van der Waals surface area contributed by atoms with E-state index >= 15 is 0 Å². The van der Waals surface area contributed by atoms with Crippen LogP contribution in [0.15, 0.2) is 84.7 Å². The number of hydrogen-bond donors (Lipinski definition) is 2. The van der Waals surface area contributed by atoms with Crippen molar-refractivity contribution in [3.05, 3.63) is 95.8 Å². The van der Waals surface area contributed by atoms with Crippen LogP contribution in [0.1, 0.15) is 11.1 Å². The van der Waals surface area contributed by atoms with Gasteiger partial charge in [0.25, 0.3) is 0 Å². The zero-order valence-corrected chi connectivity index (χ0v) is 16.1. The van der Waals surface area contributed by atoms with Gasteiger partial charge in [0.1, 0.15) is 11.5 Å². The molecule has 0 fully saturated rings. The molecule has 0 bridgehead atoms. The molecule has 0 spiro atoms. The maximum absolute atomic E-state index is 6.14. The summed E-state index contributed by atoms with van der Waals surface area (Å²) in [6.45, 7) is 0.715. The van der Waals surface area contributed by atoms with E-state index in [4.69, 9.17) is 15.2 Å². The first-order valence-electron chi connectivity index (χ1n) is 9.26. The van der Waals surface area contributed by atoms with Gasteiger partial charge in [0.2, 0.25) is 0 Å². The average Bonchev–Trinajstić information content (AvgIpc) is 3.17. The lowest BCUT2D eigenvalue weighted by molar-refractivity contribution is 0.414. The second kappa shape index (κ2) is 7.31. The van der Waals surface area contributed by atoms with Crippen molar-refractivity contribution in [2.24, 2.45) is 5.73 Å². The number of benzene rings is 3. The van der Waals surface area contributed by atoms with Crippen molar-refractivity contribution < 1.29 is 9.47 Å². The third-order valence-electron chi connectivity index (χ3n) is 5.36. The molecule has 1 atom stereocenters. The highest BCUT2D eigenvalue weighted by Gasteiger charge is 2.36. The van der Waals surface area contributed by atoms with Gasteiger partial charge in [-0.15, -0.1) is 0 Å². The summed E-state index contributed by atoms with van der Waals surface area (Å²) in [5, 5.41) is 3.30. The van der Waals surface area contributed by atoms with E-state index in [-0.39, 0.29) is 5.41 Å².